The number of aryl methyl sites for hydroxylation is 1. The number of aromatic nitrogens is 2. The summed E-state index contributed by atoms with van der Waals surface area (Å²) in [5.74, 6) is -1.85. The molecular formula is C25H20Cl2F3N5O3. The number of hydrogen-bond donors (Lipinski definition) is 2. The van der Waals surface area contributed by atoms with E-state index in [0.717, 1.165) is 6.07 Å². The minimum absolute atomic E-state index is 0.121. The van der Waals surface area contributed by atoms with E-state index in [2.05, 4.69) is 20.5 Å². The van der Waals surface area contributed by atoms with Crippen LogP contribution in [-0.4, -0.2) is 39.5 Å². The number of amides is 2. The summed E-state index contributed by atoms with van der Waals surface area (Å²) in [6, 6.07) is 12.9. The van der Waals surface area contributed by atoms with E-state index in [1.54, 1.807) is 31.3 Å². The summed E-state index contributed by atoms with van der Waals surface area (Å²) < 4.78 is 43.0. The van der Waals surface area contributed by atoms with Crippen LogP contribution in [0.3, 0.4) is 0 Å². The molecule has 1 aromatic heterocycles. The molecule has 8 nitrogen and oxygen atoms in total. The number of alkyl halides is 3. The van der Waals surface area contributed by atoms with Crippen LogP contribution < -0.4 is 15.4 Å². The Hall–Kier alpha value is -3.75. The number of nitrogens with one attached hydrogen (secondary N) is 2. The third-order valence-electron chi connectivity index (χ3n) is 5.84. The maximum Gasteiger partial charge on any atom is 0.573 e. The van der Waals surface area contributed by atoms with Crippen molar-refractivity contribution in [2.45, 2.75) is 37.2 Å². The monoisotopic (exact) mass is 565 g/mol. The van der Waals surface area contributed by atoms with E-state index in [9.17, 15) is 28.0 Å². The molecule has 4 rings (SSSR count). The smallest absolute Gasteiger partial charge is 0.404 e. The van der Waals surface area contributed by atoms with Crippen LogP contribution in [0.2, 0.25) is 10.0 Å². The van der Waals surface area contributed by atoms with Gasteiger partial charge in [0.15, 0.2) is 0 Å². The molecule has 2 amide bonds. The topological polar surface area (TPSA) is 109 Å². The average Bonchev–Trinajstić information content (AvgIpc) is 3.50. The van der Waals surface area contributed by atoms with Crippen LogP contribution in [0.4, 0.5) is 13.2 Å². The van der Waals surface area contributed by atoms with Crippen molar-refractivity contribution < 1.29 is 27.5 Å². The molecule has 0 radical (unpaired) electrons. The van der Waals surface area contributed by atoms with E-state index in [4.69, 9.17) is 23.2 Å². The molecule has 1 fully saturated rings. The molecule has 1 saturated carbocycles. The van der Waals surface area contributed by atoms with Gasteiger partial charge in [0, 0.05) is 24.1 Å². The van der Waals surface area contributed by atoms with Crippen LogP contribution in [0.5, 0.6) is 5.75 Å². The third-order valence-corrected chi connectivity index (χ3v) is 6.37. The Morgan fingerprint density at radius 3 is 2.55 bits per heavy atom. The number of benzene rings is 2. The SMILES string of the molecule is Cn1nc(-c2cccc(Cl)c2)cc1C(=O)N[C@@H](Cc1ccc(OC(F)(F)F)c(Cl)c1)C(=O)NC1(C#N)CC1. The van der Waals surface area contributed by atoms with Crippen molar-refractivity contribution in [2.75, 3.05) is 0 Å². The summed E-state index contributed by atoms with van der Waals surface area (Å²) in [5, 5.41) is 19.2. The van der Waals surface area contributed by atoms with Crippen LogP contribution in [-0.2, 0) is 18.3 Å². The van der Waals surface area contributed by atoms with Crippen molar-refractivity contribution in [1.82, 2.24) is 20.4 Å². The van der Waals surface area contributed by atoms with Crippen LogP contribution in [0.25, 0.3) is 11.3 Å². The summed E-state index contributed by atoms with van der Waals surface area (Å²) >= 11 is 12.0. The minimum atomic E-state index is -4.93. The molecule has 2 N–H and O–H groups in total. The number of nitrogens with zero attached hydrogens (tertiary/aromatic N) is 3. The molecule has 2 aromatic carbocycles. The standard InChI is InChI=1S/C25H20Cl2F3N5O3/c1-35-20(12-18(34-35)15-3-2-4-16(26)11-15)23(37)32-19(22(36)33-24(13-31)7-8-24)10-14-5-6-21(17(27)9-14)38-25(28,29)30/h2-6,9,11-12,19H,7-8,10H2,1H3,(H,32,37)(H,33,36)/t19-/m0/s1. The van der Waals surface area contributed by atoms with Gasteiger partial charge in [-0.2, -0.15) is 10.4 Å². The Labute approximate surface area is 225 Å². The maximum absolute atomic E-state index is 13.2. The minimum Gasteiger partial charge on any atom is -0.404 e. The molecule has 1 aliphatic rings. The Bertz CT molecular complexity index is 1430. The van der Waals surface area contributed by atoms with Gasteiger partial charge in [0.2, 0.25) is 5.91 Å². The maximum atomic E-state index is 13.2. The lowest BCUT2D eigenvalue weighted by Crippen LogP contribution is -2.51. The Kier molecular flexibility index (Phi) is 7.58. The molecule has 1 aliphatic carbocycles. The van der Waals surface area contributed by atoms with Crippen molar-refractivity contribution in [1.29, 1.82) is 5.26 Å². The van der Waals surface area contributed by atoms with Gasteiger partial charge in [-0.1, -0.05) is 41.4 Å². The van der Waals surface area contributed by atoms with Crippen molar-refractivity contribution >= 4 is 35.0 Å². The molecule has 1 heterocycles. The lowest BCUT2D eigenvalue weighted by atomic mass is 10.0. The highest BCUT2D eigenvalue weighted by Gasteiger charge is 2.45. The number of nitriles is 1. The van der Waals surface area contributed by atoms with E-state index in [-0.39, 0.29) is 17.1 Å². The first-order valence-corrected chi connectivity index (χ1v) is 12.0. The Morgan fingerprint density at radius 1 is 1.21 bits per heavy atom. The zero-order valence-corrected chi connectivity index (χ0v) is 21.3. The number of carbonyl (C=O) groups is 2. The molecule has 0 spiro atoms. The Morgan fingerprint density at radius 2 is 1.95 bits per heavy atom. The van der Waals surface area contributed by atoms with Gasteiger partial charge in [-0.25, -0.2) is 0 Å². The number of hydrogen-bond acceptors (Lipinski definition) is 5. The zero-order chi connectivity index (χ0) is 27.7. The molecule has 0 aliphatic heterocycles. The lowest BCUT2D eigenvalue weighted by molar-refractivity contribution is -0.274. The fraction of sp³-hybridized carbons (Fsp3) is 0.280. The summed E-state index contributed by atoms with van der Waals surface area (Å²) in [4.78, 5) is 26.3. The summed E-state index contributed by atoms with van der Waals surface area (Å²) in [6.07, 6.45) is -4.11. The molecular weight excluding hydrogens is 546 g/mol. The zero-order valence-electron chi connectivity index (χ0n) is 19.8. The number of rotatable bonds is 8. The van der Waals surface area contributed by atoms with Crippen LogP contribution >= 0.6 is 23.2 Å². The summed E-state index contributed by atoms with van der Waals surface area (Å²) in [7, 11) is 1.56. The highest BCUT2D eigenvalue weighted by Crippen LogP contribution is 2.35. The van der Waals surface area contributed by atoms with Gasteiger partial charge < -0.3 is 15.4 Å². The van der Waals surface area contributed by atoms with Gasteiger partial charge in [0.05, 0.1) is 16.8 Å². The first kappa shape index (κ1) is 27.3. The highest BCUT2D eigenvalue weighted by atomic mass is 35.5. The molecule has 38 heavy (non-hydrogen) atoms. The summed E-state index contributed by atoms with van der Waals surface area (Å²) in [5.41, 5.74) is 0.660. The first-order valence-electron chi connectivity index (χ1n) is 11.3. The first-order chi connectivity index (χ1) is 17.9. The number of halogens is 5. The van der Waals surface area contributed by atoms with Gasteiger partial charge in [-0.05, 0) is 48.7 Å². The van der Waals surface area contributed by atoms with E-state index < -0.39 is 35.5 Å². The molecule has 0 bridgehead atoms. The lowest BCUT2D eigenvalue weighted by Gasteiger charge is -2.21. The largest absolute Gasteiger partial charge is 0.573 e. The van der Waals surface area contributed by atoms with Gasteiger partial charge in [0.1, 0.15) is 23.0 Å². The molecule has 1 atom stereocenters. The molecule has 198 valence electrons. The fourth-order valence-corrected chi connectivity index (χ4v) is 4.17. The second-order valence-electron chi connectivity index (χ2n) is 8.77. The normalized spacial score (nSPS) is 14.8. The van der Waals surface area contributed by atoms with Crippen LogP contribution in [0.15, 0.2) is 48.5 Å². The van der Waals surface area contributed by atoms with Crippen molar-refractivity contribution in [3.63, 3.8) is 0 Å². The number of ether oxygens (including phenoxy) is 1. The van der Waals surface area contributed by atoms with Crippen LogP contribution in [0, 0.1) is 11.3 Å². The third kappa shape index (κ3) is 6.57. The molecule has 13 heteroatoms. The number of carbonyl (C=O) groups excluding carboxylic acids is 2. The van der Waals surface area contributed by atoms with Crippen molar-refractivity contribution in [3.05, 3.63) is 69.8 Å². The van der Waals surface area contributed by atoms with Gasteiger partial charge in [0.25, 0.3) is 5.91 Å². The predicted octanol–water partition coefficient (Wildman–Crippen LogP) is 4.81. The van der Waals surface area contributed by atoms with Gasteiger partial charge >= 0.3 is 6.36 Å². The molecule has 3 aromatic rings. The summed E-state index contributed by atoms with van der Waals surface area (Å²) in [6.45, 7) is 0. The fourth-order valence-electron chi connectivity index (χ4n) is 3.74. The molecule has 0 unspecified atom stereocenters. The van der Waals surface area contributed by atoms with Gasteiger partial charge in [-0.15, -0.1) is 13.2 Å². The Balaban J connectivity index is 1.57. The predicted molar refractivity (Wildman–Crippen MR) is 132 cm³/mol. The van der Waals surface area contributed by atoms with Crippen LogP contribution in [0.1, 0.15) is 28.9 Å². The van der Waals surface area contributed by atoms with E-state index in [1.165, 1.54) is 22.9 Å². The quantitative estimate of drug-likeness (QED) is 0.407. The highest BCUT2D eigenvalue weighted by molar-refractivity contribution is 6.32. The van der Waals surface area contributed by atoms with Gasteiger partial charge in [-0.3, -0.25) is 14.3 Å². The van der Waals surface area contributed by atoms with E-state index >= 15 is 0 Å². The van der Waals surface area contributed by atoms with E-state index in [0.29, 0.717) is 34.7 Å². The van der Waals surface area contributed by atoms with Crippen molar-refractivity contribution in [3.8, 4) is 23.1 Å². The van der Waals surface area contributed by atoms with Crippen molar-refractivity contribution in [2.24, 2.45) is 7.05 Å². The average molecular weight is 566 g/mol. The van der Waals surface area contributed by atoms with E-state index in [1.807, 2.05) is 6.07 Å². The second kappa shape index (κ2) is 10.6. The molecule has 0 saturated heterocycles. The second-order valence-corrected chi connectivity index (χ2v) is 9.62.